The average molecular weight is 436 g/mol. The van der Waals surface area contributed by atoms with E-state index in [1.807, 2.05) is 43.0 Å². The van der Waals surface area contributed by atoms with Gasteiger partial charge in [-0.2, -0.15) is 0 Å². The molecule has 1 atom stereocenters. The molecule has 2 aliphatic heterocycles. The predicted octanol–water partition coefficient (Wildman–Crippen LogP) is 3.94. The zero-order valence-electron chi connectivity index (χ0n) is 19.2. The molecule has 2 aromatic rings. The van der Waals surface area contributed by atoms with E-state index >= 15 is 0 Å². The second-order valence-electron chi connectivity index (χ2n) is 8.94. The highest BCUT2D eigenvalue weighted by atomic mass is 16.5. The van der Waals surface area contributed by atoms with Gasteiger partial charge in [-0.05, 0) is 82.2 Å². The minimum absolute atomic E-state index is 0.0486. The summed E-state index contributed by atoms with van der Waals surface area (Å²) in [5, 5.41) is 0. The van der Waals surface area contributed by atoms with Crippen LogP contribution in [0.25, 0.3) is 0 Å². The summed E-state index contributed by atoms with van der Waals surface area (Å²) in [6.07, 6.45) is 5.71. The van der Waals surface area contributed by atoms with Crippen molar-refractivity contribution in [3.63, 3.8) is 0 Å². The van der Waals surface area contributed by atoms with Crippen LogP contribution in [0.1, 0.15) is 59.4 Å². The van der Waals surface area contributed by atoms with Gasteiger partial charge in [-0.25, -0.2) is 0 Å². The van der Waals surface area contributed by atoms with Gasteiger partial charge in [0.15, 0.2) is 0 Å². The van der Waals surface area contributed by atoms with Crippen molar-refractivity contribution in [1.29, 1.82) is 0 Å². The Morgan fingerprint density at radius 2 is 1.94 bits per heavy atom. The molecular weight excluding hydrogens is 402 g/mol. The number of amides is 2. The number of carbonyl (C=O) groups is 2. The summed E-state index contributed by atoms with van der Waals surface area (Å²) in [6.45, 7) is 5.61. The van der Waals surface area contributed by atoms with Gasteiger partial charge >= 0.3 is 0 Å². The number of rotatable bonds is 1. The third-order valence-electron chi connectivity index (χ3n) is 6.52. The smallest absolute Gasteiger partial charge is 0.256 e. The molecule has 0 radical (unpaired) electrons. The molecule has 2 aliphatic rings. The molecule has 3 heterocycles. The maximum absolute atomic E-state index is 13.4. The highest BCUT2D eigenvalue weighted by Gasteiger charge is 2.29. The van der Waals surface area contributed by atoms with E-state index in [0.29, 0.717) is 30.8 Å². The molecule has 1 aromatic heterocycles. The van der Waals surface area contributed by atoms with Gasteiger partial charge in [0.2, 0.25) is 5.91 Å². The van der Waals surface area contributed by atoms with E-state index in [4.69, 9.17) is 4.74 Å². The first-order chi connectivity index (χ1) is 15.5. The summed E-state index contributed by atoms with van der Waals surface area (Å²) in [7, 11) is 0. The molecule has 1 saturated heterocycles. The van der Waals surface area contributed by atoms with Gasteiger partial charge in [-0.1, -0.05) is 12.1 Å². The second-order valence-corrected chi connectivity index (χ2v) is 8.94. The van der Waals surface area contributed by atoms with E-state index in [2.05, 4.69) is 17.1 Å². The van der Waals surface area contributed by atoms with E-state index in [-0.39, 0.29) is 24.4 Å². The summed E-state index contributed by atoms with van der Waals surface area (Å²) in [5.41, 5.74) is 3.39. The van der Waals surface area contributed by atoms with Gasteiger partial charge in [0.05, 0.1) is 17.9 Å². The van der Waals surface area contributed by atoms with Crippen molar-refractivity contribution >= 4 is 11.8 Å². The van der Waals surface area contributed by atoms with Gasteiger partial charge in [0, 0.05) is 24.8 Å². The van der Waals surface area contributed by atoms with Gasteiger partial charge < -0.3 is 14.5 Å². The molecule has 6 heteroatoms. The Morgan fingerprint density at radius 3 is 2.78 bits per heavy atom. The molecule has 1 fully saturated rings. The van der Waals surface area contributed by atoms with Gasteiger partial charge in [-0.3, -0.25) is 14.6 Å². The second kappa shape index (κ2) is 10.2. The van der Waals surface area contributed by atoms with E-state index in [9.17, 15) is 9.59 Å². The fourth-order valence-electron chi connectivity index (χ4n) is 4.79. The number of aryl methyl sites for hydroxylation is 3. The van der Waals surface area contributed by atoms with Crippen LogP contribution < -0.4 is 4.74 Å². The van der Waals surface area contributed by atoms with E-state index in [0.717, 1.165) is 50.1 Å². The topological polar surface area (TPSA) is 62.7 Å². The number of pyridine rings is 1. The SMILES string of the molecule is Cc1ccc(C(=O)N2CCCOc3cccc(c3)CCC3CCCCN3C(=O)C2)c(C)n1. The van der Waals surface area contributed by atoms with Crippen molar-refractivity contribution in [1.82, 2.24) is 14.8 Å². The fourth-order valence-corrected chi connectivity index (χ4v) is 4.79. The largest absolute Gasteiger partial charge is 0.494 e. The van der Waals surface area contributed by atoms with Crippen molar-refractivity contribution in [2.75, 3.05) is 26.2 Å². The molecule has 4 rings (SSSR count). The summed E-state index contributed by atoms with van der Waals surface area (Å²) < 4.78 is 5.95. The van der Waals surface area contributed by atoms with Crippen molar-refractivity contribution in [3.05, 3.63) is 58.9 Å². The third-order valence-corrected chi connectivity index (χ3v) is 6.52. The number of carbonyl (C=O) groups excluding carboxylic acids is 2. The Bertz CT molecular complexity index is 975. The van der Waals surface area contributed by atoms with Crippen molar-refractivity contribution < 1.29 is 14.3 Å². The molecule has 32 heavy (non-hydrogen) atoms. The number of hydrogen-bond donors (Lipinski definition) is 0. The number of nitrogens with zero attached hydrogens (tertiary/aromatic N) is 3. The van der Waals surface area contributed by atoms with Gasteiger partial charge in [0.1, 0.15) is 12.3 Å². The maximum Gasteiger partial charge on any atom is 0.256 e. The van der Waals surface area contributed by atoms with Crippen molar-refractivity contribution in [2.45, 2.75) is 58.4 Å². The average Bonchev–Trinajstić information content (AvgIpc) is 2.79. The van der Waals surface area contributed by atoms with Crippen LogP contribution in [0.4, 0.5) is 0 Å². The molecular formula is C26H33N3O3. The molecule has 0 N–H and O–H groups in total. The minimum atomic E-state index is -0.133. The van der Waals surface area contributed by atoms with E-state index in [1.54, 1.807) is 4.90 Å². The lowest BCUT2D eigenvalue weighted by Gasteiger charge is -2.37. The van der Waals surface area contributed by atoms with Crippen LogP contribution in [0.3, 0.4) is 0 Å². The predicted molar refractivity (Wildman–Crippen MR) is 124 cm³/mol. The highest BCUT2D eigenvalue weighted by Crippen LogP contribution is 2.24. The number of aromatic nitrogens is 1. The molecule has 1 unspecified atom stereocenters. The summed E-state index contributed by atoms with van der Waals surface area (Å²) in [6, 6.07) is 12.1. The van der Waals surface area contributed by atoms with E-state index in [1.165, 1.54) is 5.56 Å². The first-order valence-electron chi connectivity index (χ1n) is 11.8. The monoisotopic (exact) mass is 435 g/mol. The van der Waals surface area contributed by atoms with Crippen LogP contribution >= 0.6 is 0 Å². The quantitative estimate of drug-likeness (QED) is 0.681. The van der Waals surface area contributed by atoms with Crippen LogP contribution in [0.2, 0.25) is 0 Å². The number of fused-ring (bicyclic) bond motifs is 3. The highest BCUT2D eigenvalue weighted by molar-refractivity contribution is 5.97. The Balaban J connectivity index is 1.59. The van der Waals surface area contributed by atoms with Crippen LogP contribution in [0.15, 0.2) is 36.4 Å². The molecule has 0 saturated carbocycles. The summed E-state index contributed by atoms with van der Waals surface area (Å²) in [4.78, 5) is 34.9. The number of ether oxygens (including phenoxy) is 1. The molecule has 6 nitrogen and oxygen atoms in total. The van der Waals surface area contributed by atoms with Crippen molar-refractivity contribution in [2.24, 2.45) is 0 Å². The molecule has 0 aliphatic carbocycles. The Kier molecular flexibility index (Phi) is 7.08. The molecule has 0 spiro atoms. The van der Waals surface area contributed by atoms with Crippen molar-refractivity contribution in [3.8, 4) is 5.75 Å². The van der Waals surface area contributed by atoms with Crippen LogP contribution in [0, 0.1) is 13.8 Å². The summed E-state index contributed by atoms with van der Waals surface area (Å²) >= 11 is 0. The number of piperidine rings is 1. The molecule has 170 valence electrons. The third kappa shape index (κ3) is 5.29. The van der Waals surface area contributed by atoms with Gasteiger partial charge in [0.25, 0.3) is 5.91 Å². The molecule has 2 amide bonds. The van der Waals surface area contributed by atoms with Crippen LogP contribution in [-0.2, 0) is 11.2 Å². The lowest BCUT2D eigenvalue weighted by Crippen LogP contribution is -2.49. The normalized spacial score (nSPS) is 20.2. The molecule has 2 bridgehead atoms. The Hall–Kier alpha value is -2.89. The lowest BCUT2D eigenvalue weighted by atomic mass is 9.95. The Labute approximate surface area is 190 Å². The maximum atomic E-state index is 13.4. The fraction of sp³-hybridized carbons (Fsp3) is 0.500. The lowest BCUT2D eigenvalue weighted by molar-refractivity contribution is -0.135. The minimum Gasteiger partial charge on any atom is -0.494 e. The van der Waals surface area contributed by atoms with Crippen LogP contribution in [0.5, 0.6) is 5.75 Å². The Morgan fingerprint density at radius 1 is 1.06 bits per heavy atom. The van der Waals surface area contributed by atoms with E-state index < -0.39 is 0 Å². The zero-order chi connectivity index (χ0) is 22.5. The number of benzene rings is 1. The standard InChI is InChI=1S/C26H33N3O3/c1-19-10-13-24(20(2)27-19)26(31)28-14-6-16-32-23-9-5-7-21(17-23)11-12-22-8-3-4-15-29(22)25(30)18-28/h5,7,9-10,13,17,22H,3-4,6,8,11-12,14-16,18H2,1-2H3. The van der Waals surface area contributed by atoms with Gasteiger partial charge in [-0.15, -0.1) is 0 Å². The van der Waals surface area contributed by atoms with Crippen LogP contribution in [-0.4, -0.2) is 58.9 Å². The zero-order valence-corrected chi connectivity index (χ0v) is 19.2. The summed E-state index contributed by atoms with van der Waals surface area (Å²) in [5.74, 6) is 0.783. The molecule has 1 aromatic carbocycles. The first-order valence-corrected chi connectivity index (χ1v) is 11.8. The number of hydrogen-bond acceptors (Lipinski definition) is 4. The first kappa shape index (κ1) is 22.3.